The van der Waals surface area contributed by atoms with Crippen LogP contribution in [0.15, 0.2) is 30.5 Å². The highest BCUT2D eigenvalue weighted by molar-refractivity contribution is 5.94. The van der Waals surface area contributed by atoms with E-state index in [0.717, 1.165) is 12.1 Å². The molecule has 2 unspecified atom stereocenters. The molecular formula is C21H23F4N3O. The van der Waals surface area contributed by atoms with Gasteiger partial charge in [0.25, 0.3) is 6.43 Å². The summed E-state index contributed by atoms with van der Waals surface area (Å²) in [4.78, 5) is 18.5. The van der Waals surface area contributed by atoms with Gasteiger partial charge in [0.1, 0.15) is 0 Å². The van der Waals surface area contributed by atoms with Crippen molar-refractivity contribution in [1.82, 2.24) is 10.3 Å². The van der Waals surface area contributed by atoms with Gasteiger partial charge in [0, 0.05) is 60.7 Å². The molecule has 0 spiro atoms. The first-order valence-corrected chi connectivity index (χ1v) is 9.82. The van der Waals surface area contributed by atoms with Crippen molar-refractivity contribution >= 4 is 22.5 Å². The van der Waals surface area contributed by atoms with Crippen LogP contribution in [0.2, 0.25) is 0 Å². The summed E-state index contributed by atoms with van der Waals surface area (Å²) in [5.41, 5.74) is 0.958. The van der Waals surface area contributed by atoms with Crippen LogP contribution in [0, 0.1) is 11.8 Å². The van der Waals surface area contributed by atoms with Crippen LogP contribution in [-0.2, 0) is 4.79 Å². The van der Waals surface area contributed by atoms with E-state index in [1.807, 2.05) is 0 Å². The topological polar surface area (TPSA) is 45.2 Å². The van der Waals surface area contributed by atoms with Gasteiger partial charge in [-0.1, -0.05) is 6.92 Å². The van der Waals surface area contributed by atoms with E-state index in [1.54, 1.807) is 18.2 Å². The Balaban J connectivity index is 1.54. The predicted molar refractivity (Wildman–Crippen MR) is 102 cm³/mol. The van der Waals surface area contributed by atoms with E-state index in [2.05, 4.69) is 22.1 Å². The molecule has 2 atom stereocenters. The summed E-state index contributed by atoms with van der Waals surface area (Å²) in [6, 6.07) is 6.38. The fourth-order valence-corrected chi connectivity index (χ4v) is 4.45. The molecule has 0 radical (unpaired) electrons. The highest BCUT2D eigenvalue weighted by Gasteiger charge is 2.49. The van der Waals surface area contributed by atoms with Gasteiger partial charge in [-0.15, -0.1) is 0 Å². The normalized spacial score (nSPS) is 24.6. The van der Waals surface area contributed by atoms with E-state index in [0.29, 0.717) is 18.5 Å². The number of alkyl halides is 4. The molecule has 1 saturated heterocycles. The lowest BCUT2D eigenvalue weighted by atomic mass is 9.80. The minimum atomic E-state index is -2.73. The quantitative estimate of drug-likeness (QED) is 0.754. The SMILES string of the molecule is CC1CC(NC(=O)C2CC(F)(F)C2)CN(c2ccc(C(F)F)c3ncccc23)C1. The van der Waals surface area contributed by atoms with Gasteiger partial charge in [-0.05, 0) is 36.6 Å². The van der Waals surface area contributed by atoms with Crippen molar-refractivity contribution in [2.24, 2.45) is 11.8 Å². The van der Waals surface area contributed by atoms with Crippen molar-refractivity contribution in [2.45, 2.75) is 44.6 Å². The minimum absolute atomic E-state index is 0.106. The second-order valence-electron chi connectivity index (χ2n) is 8.29. The maximum Gasteiger partial charge on any atom is 0.265 e. The summed E-state index contributed by atoms with van der Waals surface area (Å²) in [7, 11) is 0. The molecular weight excluding hydrogens is 386 g/mol. The Kier molecular flexibility index (Phi) is 5.12. The number of halogens is 4. The molecule has 0 bridgehead atoms. The van der Waals surface area contributed by atoms with Gasteiger partial charge in [-0.2, -0.15) is 0 Å². The van der Waals surface area contributed by atoms with Crippen LogP contribution in [0.5, 0.6) is 0 Å². The third-order valence-electron chi connectivity index (χ3n) is 5.82. The van der Waals surface area contributed by atoms with Gasteiger partial charge < -0.3 is 10.2 Å². The van der Waals surface area contributed by atoms with E-state index >= 15 is 0 Å². The molecule has 156 valence electrons. The number of pyridine rings is 1. The maximum atomic E-state index is 13.4. The molecule has 8 heteroatoms. The molecule has 1 aromatic heterocycles. The Hall–Kier alpha value is -2.38. The highest BCUT2D eigenvalue weighted by Crippen LogP contribution is 2.42. The molecule has 29 heavy (non-hydrogen) atoms. The van der Waals surface area contributed by atoms with Gasteiger partial charge in [0.15, 0.2) is 0 Å². The summed E-state index contributed by atoms with van der Waals surface area (Å²) in [5.74, 6) is -3.44. The Morgan fingerprint density at radius 1 is 1.24 bits per heavy atom. The predicted octanol–water partition coefficient (Wildman–Crippen LogP) is 4.55. The highest BCUT2D eigenvalue weighted by atomic mass is 19.3. The van der Waals surface area contributed by atoms with Crippen LogP contribution >= 0.6 is 0 Å². The largest absolute Gasteiger partial charge is 0.369 e. The van der Waals surface area contributed by atoms with Crippen LogP contribution in [0.4, 0.5) is 23.2 Å². The standard InChI is InChI=1S/C21H23F4N3O/c1-12-7-14(27-20(29)13-8-21(24,25)9-13)11-28(10-12)17-5-4-16(19(22)23)18-15(17)3-2-6-26-18/h2-6,12-14,19H,7-11H2,1H3,(H,27,29). The Morgan fingerprint density at radius 2 is 2.00 bits per heavy atom. The number of hydrogen-bond donors (Lipinski definition) is 1. The molecule has 1 aliphatic heterocycles. The van der Waals surface area contributed by atoms with Crippen molar-refractivity contribution in [3.63, 3.8) is 0 Å². The number of nitrogens with zero attached hydrogens (tertiary/aromatic N) is 2. The fraction of sp³-hybridized carbons (Fsp3) is 0.524. The molecule has 2 fully saturated rings. The zero-order valence-electron chi connectivity index (χ0n) is 16.0. The van der Waals surface area contributed by atoms with E-state index in [9.17, 15) is 22.4 Å². The first kappa shape index (κ1) is 19.9. The lowest BCUT2D eigenvalue weighted by Gasteiger charge is -2.40. The average molecular weight is 409 g/mol. The van der Waals surface area contributed by atoms with Crippen molar-refractivity contribution in [3.05, 3.63) is 36.0 Å². The van der Waals surface area contributed by atoms with Crippen LogP contribution in [0.3, 0.4) is 0 Å². The fourth-order valence-electron chi connectivity index (χ4n) is 4.45. The van der Waals surface area contributed by atoms with Crippen molar-refractivity contribution < 1.29 is 22.4 Å². The number of carbonyl (C=O) groups is 1. The van der Waals surface area contributed by atoms with Crippen molar-refractivity contribution in [1.29, 1.82) is 0 Å². The van der Waals surface area contributed by atoms with Gasteiger partial charge in [0.05, 0.1) is 5.52 Å². The van der Waals surface area contributed by atoms with Gasteiger partial charge in [-0.25, -0.2) is 17.6 Å². The lowest BCUT2D eigenvalue weighted by Crippen LogP contribution is -2.54. The number of piperidine rings is 1. The third-order valence-corrected chi connectivity index (χ3v) is 5.82. The van der Waals surface area contributed by atoms with E-state index in [4.69, 9.17) is 0 Å². The minimum Gasteiger partial charge on any atom is -0.369 e. The lowest BCUT2D eigenvalue weighted by molar-refractivity contribution is -0.150. The van der Waals surface area contributed by atoms with Crippen molar-refractivity contribution in [2.75, 3.05) is 18.0 Å². The van der Waals surface area contributed by atoms with E-state index < -0.39 is 31.1 Å². The second kappa shape index (κ2) is 7.46. The monoisotopic (exact) mass is 409 g/mol. The molecule has 1 amide bonds. The average Bonchev–Trinajstić information content (AvgIpc) is 2.64. The number of carbonyl (C=O) groups excluding carboxylic acids is 1. The number of nitrogens with one attached hydrogen (secondary N) is 1. The van der Waals surface area contributed by atoms with Crippen LogP contribution in [0.25, 0.3) is 10.9 Å². The Morgan fingerprint density at radius 3 is 2.69 bits per heavy atom. The van der Waals surface area contributed by atoms with Gasteiger partial charge in [0.2, 0.25) is 11.8 Å². The molecule has 1 aromatic carbocycles. The smallest absolute Gasteiger partial charge is 0.265 e. The summed E-state index contributed by atoms with van der Waals surface area (Å²) >= 11 is 0. The summed E-state index contributed by atoms with van der Waals surface area (Å²) in [6.45, 7) is 3.26. The molecule has 1 N–H and O–H groups in total. The first-order chi connectivity index (χ1) is 13.7. The molecule has 2 aliphatic rings. The maximum absolute atomic E-state index is 13.4. The third kappa shape index (κ3) is 4.02. The Bertz CT molecular complexity index is 912. The number of fused-ring (bicyclic) bond motifs is 1. The molecule has 2 heterocycles. The summed E-state index contributed by atoms with van der Waals surface area (Å²) in [6.07, 6.45) is -1.16. The number of anilines is 1. The summed E-state index contributed by atoms with van der Waals surface area (Å²) in [5, 5.41) is 3.56. The van der Waals surface area contributed by atoms with E-state index in [1.165, 1.54) is 12.3 Å². The number of rotatable bonds is 4. The van der Waals surface area contributed by atoms with Crippen LogP contribution < -0.4 is 10.2 Å². The molecule has 1 saturated carbocycles. The number of amides is 1. The van der Waals surface area contributed by atoms with Crippen LogP contribution in [-0.4, -0.2) is 35.9 Å². The Labute approximate surface area is 166 Å². The zero-order valence-corrected chi connectivity index (χ0v) is 16.0. The van der Waals surface area contributed by atoms with Crippen LogP contribution in [0.1, 0.15) is 38.2 Å². The molecule has 4 rings (SSSR count). The van der Waals surface area contributed by atoms with E-state index in [-0.39, 0.29) is 28.9 Å². The van der Waals surface area contributed by atoms with Gasteiger partial charge >= 0.3 is 0 Å². The van der Waals surface area contributed by atoms with Gasteiger partial charge in [-0.3, -0.25) is 9.78 Å². The molecule has 1 aliphatic carbocycles. The molecule has 4 nitrogen and oxygen atoms in total. The number of aromatic nitrogens is 1. The zero-order chi connectivity index (χ0) is 20.8. The second-order valence-corrected chi connectivity index (χ2v) is 8.29. The number of hydrogen-bond acceptors (Lipinski definition) is 3. The summed E-state index contributed by atoms with van der Waals surface area (Å²) < 4.78 is 52.8. The molecule has 2 aromatic rings. The van der Waals surface area contributed by atoms with Crippen molar-refractivity contribution in [3.8, 4) is 0 Å². The first-order valence-electron chi connectivity index (χ1n) is 9.82. The number of benzene rings is 1.